The number of fused-ring (bicyclic) bond motifs is 1. The summed E-state index contributed by atoms with van der Waals surface area (Å²) in [7, 11) is 1.71. The summed E-state index contributed by atoms with van der Waals surface area (Å²) in [6, 6.07) is 5.42. The largest absolute Gasteiger partial charge is 0.454 e. The monoisotopic (exact) mass is 280 g/mol. The molecule has 110 valence electrons. The number of ether oxygens (including phenoxy) is 2. The molecule has 6 nitrogen and oxygen atoms in total. The molecule has 0 fully saturated rings. The van der Waals surface area contributed by atoms with Gasteiger partial charge in [-0.15, -0.1) is 0 Å². The van der Waals surface area contributed by atoms with Crippen LogP contribution in [0, 0.1) is 0 Å². The summed E-state index contributed by atoms with van der Waals surface area (Å²) in [5.41, 5.74) is 0.950. The zero-order valence-corrected chi connectivity index (χ0v) is 11.8. The first-order chi connectivity index (χ1) is 9.56. The Balaban J connectivity index is 1.81. The summed E-state index contributed by atoms with van der Waals surface area (Å²) in [6.07, 6.45) is 0.160. The van der Waals surface area contributed by atoms with E-state index in [9.17, 15) is 9.90 Å². The van der Waals surface area contributed by atoms with Crippen LogP contribution in [0.15, 0.2) is 18.2 Å². The molecule has 0 spiro atoms. The standard InChI is InChI=1S/C14H20N2O4/c1-10(17)5-6-16(2)14(18)15-8-11-3-4-12-13(7-11)20-9-19-12/h3-4,7,10,17H,5-6,8-9H2,1-2H3,(H,15,18)/t10-/m0/s1. The first-order valence-electron chi connectivity index (χ1n) is 6.62. The minimum atomic E-state index is -0.404. The van der Waals surface area contributed by atoms with Gasteiger partial charge in [0, 0.05) is 20.1 Å². The molecule has 0 saturated carbocycles. The van der Waals surface area contributed by atoms with E-state index in [2.05, 4.69) is 5.32 Å². The number of hydrogen-bond donors (Lipinski definition) is 2. The molecule has 0 aromatic heterocycles. The summed E-state index contributed by atoms with van der Waals surface area (Å²) in [5, 5.41) is 12.0. The number of nitrogens with zero attached hydrogens (tertiary/aromatic N) is 1. The lowest BCUT2D eigenvalue weighted by Crippen LogP contribution is -2.38. The van der Waals surface area contributed by atoms with E-state index in [-0.39, 0.29) is 12.8 Å². The molecule has 6 heteroatoms. The highest BCUT2D eigenvalue weighted by Crippen LogP contribution is 2.32. The zero-order chi connectivity index (χ0) is 14.5. The Kier molecular flexibility index (Phi) is 4.68. The minimum Gasteiger partial charge on any atom is -0.454 e. The highest BCUT2D eigenvalue weighted by atomic mass is 16.7. The molecular formula is C14H20N2O4. The van der Waals surface area contributed by atoms with Crippen molar-refractivity contribution in [1.82, 2.24) is 10.2 Å². The quantitative estimate of drug-likeness (QED) is 0.853. The molecule has 20 heavy (non-hydrogen) atoms. The lowest BCUT2D eigenvalue weighted by Gasteiger charge is -2.18. The highest BCUT2D eigenvalue weighted by Gasteiger charge is 2.14. The third-order valence-electron chi connectivity index (χ3n) is 3.11. The van der Waals surface area contributed by atoms with Gasteiger partial charge in [-0.2, -0.15) is 0 Å². The Morgan fingerprint density at radius 3 is 2.95 bits per heavy atom. The fourth-order valence-corrected chi connectivity index (χ4v) is 1.85. The van der Waals surface area contributed by atoms with E-state index in [1.807, 2.05) is 18.2 Å². The summed E-state index contributed by atoms with van der Waals surface area (Å²) in [5.74, 6) is 1.44. The van der Waals surface area contributed by atoms with Crippen LogP contribution >= 0.6 is 0 Å². The van der Waals surface area contributed by atoms with E-state index in [0.717, 1.165) is 11.3 Å². The van der Waals surface area contributed by atoms with Crippen molar-refractivity contribution in [2.75, 3.05) is 20.4 Å². The van der Waals surface area contributed by atoms with Gasteiger partial charge in [-0.25, -0.2) is 4.79 Å². The topological polar surface area (TPSA) is 71.0 Å². The van der Waals surface area contributed by atoms with Crippen LogP contribution in [0.4, 0.5) is 4.79 Å². The molecule has 0 bridgehead atoms. The maximum absolute atomic E-state index is 11.8. The number of carbonyl (C=O) groups is 1. The Bertz CT molecular complexity index is 476. The Labute approximate surface area is 118 Å². The van der Waals surface area contributed by atoms with Gasteiger partial charge >= 0.3 is 6.03 Å². The first kappa shape index (κ1) is 14.5. The van der Waals surface area contributed by atoms with Crippen LogP contribution in [-0.2, 0) is 6.54 Å². The van der Waals surface area contributed by atoms with Gasteiger partial charge in [0.1, 0.15) is 0 Å². The van der Waals surface area contributed by atoms with Crippen LogP contribution in [0.2, 0.25) is 0 Å². The van der Waals surface area contributed by atoms with Gasteiger partial charge in [0.25, 0.3) is 0 Å². The zero-order valence-electron chi connectivity index (χ0n) is 11.8. The average molecular weight is 280 g/mol. The molecule has 2 N–H and O–H groups in total. The van der Waals surface area contributed by atoms with Crippen LogP contribution < -0.4 is 14.8 Å². The Hall–Kier alpha value is -1.95. The van der Waals surface area contributed by atoms with Crippen LogP contribution in [0.25, 0.3) is 0 Å². The Morgan fingerprint density at radius 1 is 1.45 bits per heavy atom. The summed E-state index contributed by atoms with van der Waals surface area (Å²) < 4.78 is 10.5. The maximum atomic E-state index is 11.8. The molecule has 1 aliphatic heterocycles. The van der Waals surface area contributed by atoms with E-state index in [1.165, 1.54) is 0 Å². The molecule has 2 amide bonds. The van der Waals surface area contributed by atoms with Gasteiger partial charge in [0.2, 0.25) is 6.79 Å². The van der Waals surface area contributed by atoms with Gasteiger partial charge in [-0.3, -0.25) is 0 Å². The molecule has 2 rings (SSSR count). The third-order valence-corrected chi connectivity index (χ3v) is 3.11. The molecule has 0 aliphatic carbocycles. The van der Waals surface area contributed by atoms with Crippen LogP contribution in [0.5, 0.6) is 11.5 Å². The number of aliphatic hydroxyl groups excluding tert-OH is 1. The van der Waals surface area contributed by atoms with Crippen molar-refractivity contribution in [2.45, 2.75) is 26.0 Å². The number of aliphatic hydroxyl groups is 1. The maximum Gasteiger partial charge on any atom is 0.317 e. The van der Waals surface area contributed by atoms with E-state index in [0.29, 0.717) is 25.3 Å². The van der Waals surface area contributed by atoms with Crippen molar-refractivity contribution in [3.63, 3.8) is 0 Å². The second kappa shape index (κ2) is 6.47. The van der Waals surface area contributed by atoms with Crippen LogP contribution in [0.1, 0.15) is 18.9 Å². The van der Waals surface area contributed by atoms with Crippen molar-refractivity contribution in [1.29, 1.82) is 0 Å². The van der Waals surface area contributed by atoms with Gasteiger partial charge < -0.3 is 24.8 Å². The third kappa shape index (κ3) is 3.77. The number of hydrogen-bond acceptors (Lipinski definition) is 4. The minimum absolute atomic E-state index is 0.164. The number of carbonyl (C=O) groups excluding carboxylic acids is 1. The number of amides is 2. The molecular weight excluding hydrogens is 260 g/mol. The van der Waals surface area contributed by atoms with E-state index >= 15 is 0 Å². The van der Waals surface area contributed by atoms with Gasteiger partial charge in [-0.05, 0) is 31.0 Å². The number of nitrogens with one attached hydrogen (secondary N) is 1. The molecule has 1 heterocycles. The van der Waals surface area contributed by atoms with Crippen molar-refractivity contribution in [2.24, 2.45) is 0 Å². The SMILES string of the molecule is C[C@H](O)CCN(C)C(=O)NCc1ccc2c(c1)OCO2. The second-order valence-electron chi connectivity index (χ2n) is 4.91. The van der Waals surface area contributed by atoms with E-state index in [1.54, 1.807) is 18.9 Å². The van der Waals surface area contributed by atoms with Crippen molar-refractivity contribution >= 4 is 6.03 Å². The molecule has 1 aromatic carbocycles. The molecule has 0 unspecified atom stereocenters. The predicted molar refractivity (Wildman–Crippen MR) is 73.7 cm³/mol. The van der Waals surface area contributed by atoms with Crippen molar-refractivity contribution in [3.8, 4) is 11.5 Å². The van der Waals surface area contributed by atoms with Crippen LogP contribution in [-0.4, -0.2) is 42.5 Å². The second-order valence-corrected chi connectivity index (χ2v) is 4.91. The molecule has 1 atom stereocenters. The number of urea groups is 1. The highest BCUT2D eigenvalue weighted by molar-refractivity contribution is 5.73. The van der Waals surface area contributed by atoms with Crippen molar-refractivity contribution < 1.29 is 19.4 Å². The number of rotatable bonds is 5. The molecule has 1 aliphatic rings. The lowest BCUT2D eigenvalue weighted by molar-refractivity contribution is 0.163. The van der Waals surface area contributed by atoms with Crippen molar-refractivity contribution in [3.05, 3.63) is 23.8 Å². The van der Waals surface area contributed by atoms with Gasteiger partial charge in [0.05, 0.1) is 6.10 Å². The average Bonchev–Trinajstić information content (AvgIpc) is 2.89. The molecule has 0 saturated heterocycles. The molecule has 1 aromatic rings. The Morgan fingerprint density at radius 2 is 2.20 bits per heavy atom. The summed E-state index contributed by atoms with van der Waals surface area (Å²) in [4.78, 5) is 13.4. The fourth-order valence-electron chi connectivity index (χ4n) is 1.85. The normalized spacial score (nSPS) is 13.9. The van der Waals surface area contributed by atoms with Gasteiger partial charge in [-0.1, -0.05) is 6.07 Å². The fraction of sp³-hybridized carbons (Fsp3) is 0.500. The lowest BCUT2D eigenvalue weighted by atomic mass is 10.2. The van der Waals surface area contributed by atoms with Crippen LogP contribution in [0.3, 0.4) is 0 Å². The smallest absolute Gasteiger partial charge is 0.317 e. The first-order valence-corrected chi connectivity index (χ1v) is 6.62. The number of benzene rings is 1. The van der Waals surface area contributed by atoms with E-state index < -0.39 is 6.10 Å². The summed E-state index contributed by atoms with van der Waals surface area (Å²) >= 11 is 0. The molecule has 0 radical (unpaired) electrons. The van der Waals surface area contributed by atoms with E-state index in [4.69, 9.17) is 9.47 Å². The summed E-state index contributed by atoms with van der Waals surface area (Å²) in [6.45, 7) is 2.89. The predicted octanol–water partition coefficient (Wildman–Crippen LogP) is 1.33. The van der Waals surface area contributed by atoms with Gasteiger partial charge in [0.15, 0.2) is 11.5 Å².